The van der Waals surface area contributed by atoms with Crippen LogP contribution in [0.3, 0.4) is 0 Å². The first kappa shape index (κ1) is 16.0. The molecular weight excluding hydrogens is 306 g/mol. The molecule has 0 aliphatic carbocycles. The standard InChI is InChI=1S/C15H16ClN3O3/c1-9(7-13(20)21)17-15(22)11-8-19(2)18-14(11)10-5-3-4-6-12(10)16/h3-6,8-9H,7H2,1-2H3,(H,17,22)(H,20,21). The molecule has 1 aromatic heterocycles. The Kier molecular flexibility index (Phi) is 4.82. The van der Waals surface area contributed by atoms with E-state index >= 15 is 0 Å². The number of carbonyl (C=O) groups is 2. The number of aryl methyl sites for hydroxylation is 1. The van der Waals surface area contributed by atoms with Crippen LogP contribution in [0.25, 0.3) is 11.3 Å². The maximum atomic E-state index is 12.4. The number of carboxylic acids is 1. The largest absolute Gasteiger partial charge is 0.481 e. The normalized spacial score (nSPS) is 12.0. The van der Waals surface area contributed by atoms with E-state index in [1.54, 1.807) is 38.4 Å². The summed E-state index contributed by atoms with van der Waals surface area (Å²) in [5.41, 5.74) is 1.47. The summed E-state index contributed by atoms with van der Waals surface area (Å²) in [6.07, 6.45) is 1.44. The van der Waals surface area contributed by atoms with Crippen molar-refractivity contribution in [3.8, 4) is 11.3 Å². The molecule has 2 rings (SSSR count). The molecule has 0 radical (unpaired) electrons. The first-order chi connectivity index (χ1) is 10.4. The Morgan fingerprint density at radius 2 is 2.09 bits per heavy atom. The van der Waals surface area contributed by atoms with Crippen molar-refractivity contribution >= 4 is 23.5 Å². The smallest absolute Gasteiger partial charge is 0.305 e. The Balaban J connectivity index is 2.31. The fraction of sp³-hybridized carbons (Fsp3) is 0.267. The summed E-state index contributed by atoms with van der Waals surface area (Å²) >= 11 is 6.16. The molecule has 1 atom stereocenters. The van der Waals surface area contributed by atoms with Crippen molar-refractivity contribution in [2.24, 2.45) is 7.05 Å². The van der Waals surface area contributed by atoms with Gasteiger partial charge in [-0.25, -0.2) is 0 Å². The number of hydrogen-bond acceptors (Lipinski definition) is 3. The first-order valence-electron chi connectivity index (χ1n) is 6.69. The van der Waals surface area contributed by atoms with E-state index in [9.17, 15) is 9.59 Å². The predicted molar refractivity (Wildman–Crippen MR) is 82.8 cm³/mol. The van der Waals surface area contributed by atoms with Gasteiger partial charge in [0.05, 0.1) is 17.0 Å². The van der Waals surface area contributed by atoms with Crippen molar-refractivity contribution in [3.63, 3.8) is 0 Å². The lowest BCUT2D eigenvalue weighted by molar-refractivity contribution is -0.137. The average molecular weight is 322 g/mol. The highest BCUT2D eigenvalue weighted by molar-refractivity contribution is 6.33. The fourth-order valence-corrected chi connectivity index (χ4v) is 2.35. The summed E-state index contributed by atoms with van der Waals surface area (Å²) in [6, 6.07) is 6.63. The average Bonchev–Trinajstić information content (AvgIpc) is 2.80. The zero-order valence-corrected chi connectivity index (χ0v) is 13.0. The summed E-state index contributed by atoms with van der Waals surface area (Å²) in [4.78, 5) is 23.0. The van der Waals surface area contributed by atoms with Crippen LogP contribution in [0.1, 0.15) is 23.7 Å². The molecule has 0 saturated heterocycles. The van der Waals surface area contributed by atoms with Crippen molar-refractivity contribution in [2.75, 3.05) is 0 Å². The SMILES string of the molecule is CC(CC(=O)O)NC(=O)c1cn(C)nc1-c1ccccc1Cl. The number of nitrogens with zero attached hydrogens (tertiary/aromatic N) is 2. The van der Waals surface area contributed by atoms with Crippen LogP contribution in [-0.4, -0.2) is 32.8 Å². The Hall–Kier alpha value is -2.34. The third-order valence-electron chi connectivity index (χ3n) is 3.06. The first-order valence-corrected chi connectivity index (χ1v) is 7.07. The van der Waals surface area contributed by atoms with Crippen LogP contribution in [0, 0.1) is 0 Å². The van der Waals surface area contributed by atoms with Gasteiger partial charge in [0.25, 0.3) is 5.91 Å². The van der Waals surface area contributed by atoms with Gasteiger partial charge in [-0.15, -0.1) is 0 Å². The summed E-state index contributed by atoms with van der Waals surface area (Å²) in [6.45, 7) is 1.64. The topological polar surface area (TPSA) is 84.2 Å². The van der Waals surface area contributed by atoms with Gasteiger partial charge in [-0.3, -0.25) is 14.3 Å². The van der Waals surface area contributed by atoms with Gasteiger partial charge in [-0.1, -0.05) is 29.8 Å². The van der Waals surface area contributed by atoms with E-state index in [0.29, 0.717) is 21.8 Å². The molecule has 0 fully saturated rings. The minimum absolute atomic E-state index is 0.145. The molecule has 0 bridgehead atoms. The number of nitrogens with one attached hydrogen (secondary N) is 1. The van der Waals surface area contributed by atoms with Crippen molar-refractivity contribution in [1.82, 2.24) is 15.1 Å². The molecule has 1 heterocycles. The van der Waals surface area contributed by atoms with Crippen molar-refractivity contribution in [3.05, 3.63) is 41.0 Å². The lowest BCUT2D eigenvalue weighted by Crippen LogP contribution is -2.34. The van der Waals surface area contributed by atoms with Gasteiger partial charge in [0.15, 0.2) is 0 Å². The van der Waals surface area contributed by atoms with Crippen LogP contribution < -0.4 is 5.32 Å². The van der Waals surface area contributed by atoms with Crippen molar-refractivity contribution in [1.29, 1.82) is 0 Å². The summed E-state index contributed by atoms with van der Waals surface area (Å²) < 4.78 is 1.52. The maximum absolute atomic E-state index is 12.4. The molecule has 0 aliphatic heterocycles. The number of amides is 1. The second kappa shape index (κ2) is 6.62. The Labute approximate surface area is 132 Å². The Morgan fingerprint density at radius 1 is 1.41 bits per heavy atom. The minimum atomic E-state index is -0.967. The van der Waals surface area contributed by atoms with Gasteiger partial charge in [-0.2, -0.15) is 5.10 Å². The number of carboxylic acid groups (broad SMARTS) is 1. The lowest BCUT2D eigenvalue weighted by atomic mass is 10.1. The molecule has 1 aromatic carbocycles. The second-order valence-electron chi connectivity index (χ2n) is 5.02. The predicted octanol–water partition coefficient (Wildman–Crippen LogP) is 2.33. The number of rotatable bonds is 5. The Bertz CT molecular complexity index is 712. The molecule has 0 aliphatic rings. The van der Waals surface area contributed by atoms with E-state index in [2.05, 4.69) is 10.4 Å². The number of hydrogen-bond donors (Lipinski definition) is 2. The number of benzene rings is 1. The molecule has 0 saturated carbocycles. The quantitative estimate of drug-likeness (QED) is 0.885. The summed E-state index contributed by atoms with van der Waals surface area (Å²) in [5.74, 6) is -1.35. The molecule has 116 valence electrons. The van der Waals surface area contributed by atoms with E-state index in [4.69, 9.17) is 16.7 Å². The van der Waals surface area contributed by atoms with Crippen LogP contribution >= 0.6 is 11.6 Å². The van der Waals surface area contributed by atoms with Crippen LogP contribution in [0.5, 0.6) is 0 Å². The monoisotopic (exact) mass is 321 g/mol. The van der Waals surface area contributed by atoms with E-state index in [1.165, 1.54) is 4.68 Å². The van der Waals surface area contributed by atoms with Crippen LogP contribution in [0.15, 0.2) is 30.5 Å². The van der Waals surface area contributed by atoms with Gasteiger partial charge in [0.1, 0.15) is 5.69 Å². The number of aliphatic carboxylic acids is 1. The molecule has 1 unspecified atom stereocenters. The molecule has 6 nitrogen and oxygen atoms in total. The van der Waals surface area contributed by atoms with Gasteiger partial charge >= 0.3 is 5.97 Å². The van der Waals surface area contributed by atoms with Crippen LogP contribution in [0.2, 0.25) is 5.02 Å². The van der Waals surface area contributed by atoms with Gasteiger partial charge < -0.3 is 10.4 Å². The van der Waals surface area contributed by atoms with Gasteiger partial charge in [-0.05, 0) is 13.0 Å². The van der Waals surface area contributed by atoms with Crippen LogP contribution in [0.4, 0.5) is 0 Å². The van der Waals surface area contributed by atoms with E-state index in [1.807, 2.05) is 6.07 Å². The third-order valence-corrected chi connectivity index (χ3v) is 3.39. The highest BCUT2D eigenvalue weighted by atomic mass is 35.5. The Morgan fingerprint density at radius 3 is 2.73 bits per heavy atom. The van der Waals surface area contributed by atoms with Crippen molar-refractivity contribution < 1.29 is 14.7 Å². The molecule has 1 amide bonds. The summed E-state index contributed by atoms with van der Waals surface area (Å²) in [5, 5.41) is 16.2. The molecule has 2 N–H and O–H groups in total. The van der Waals surface area contributed by atoms with Gasteiger partial charge in [0, 0.05) is 24.8 Å². The summed E-state index contributed by atoms with van der Waals surface area (Å²) in [7, 11) is 1.71. The second-order valence-corrected chi connectivity index (χ2v) is 5.42. The zero-order chi connectivity index (χ0) is 16.3. The molecular formula is C15H16ClN3O3. The highest BCUT2D eigenvalue weighted by Crippen LogP contribution is 2.28. The number of aromatic nitrogens is 2. The van der Waals surface area contributed by atoms with Crippen molar-refractivity contribution in [2.45, 2.75) is 19.4 Å². The third kappa shape index (κ3) is 3.65. The fourth-order valence-electron chi connectivity index (χ4n) is 2.12. The van der Waals surface area contributed by atoms with E-state index in [0.717, 1.165) is 0 Å². The molecule has 7 heteroatoms. The molecule has 2 aromatic rings. The maximum Gasteiger partial charge on any atom is 0.305 e. The minimum Gasteiger partial charge on any atom is -0.481 e. The van der Waals surface area contributed by atoms with Gasteiger partial charge in [0.2, 0.25) is 0 Å². The zero-order valence-electron chi connectivity index (χ0n) is 12.2. The highest BCUT2D eigenvalue weighted by Gasteiger charge is 2.20. The van der Waals surface area contributed by atoms with E-state index < -0.39 is 12.0 Å². The number of carbonyl (C=O) groups excluding carboxylic acids is 1. The number of halogens is 1. The molecule has 22 heavy (non-hydrogen) atoms. The van der Waals surface area contributed by atoms with E-state index in [-0.39, 0.29) is 12.3 Å². The molecule has 0 spiro atoms. The lowest BCUT2D eigenvalue weighted by Gasteiger charge is -2.11. The van der Waals surface area contributed by atoms with Crippen LogP contribution in [-0.2, 0) is 11.8 Å².